The predicted molar refractivity (Wildman–Crippen MR) is 98.0 cm³/mol. The molecule has 25 heavy (non-hydrogen) atoms. The average Bonchev–Trinajstić information content (AvgIpc) is 2.60. The summed E-state index contributed by atoms with van der Waals surface area (Å²) in [6.07, 6.45) is 2.44. The molecule has 3 rings (SSSR count). The van der Waals surface area contributed by atoms with Crippen LogP contribution in [0.25, 0.3) is 5.76 Å². The predicted octanol–water partition coefficient (Wildman–Crippen LogP) is 3.15. The second-order valence-electron chi connectivity index (χ2n) is 7.61. The van der Waals surface area contributed by atoms with Gasteiger partial charge in [-0.25, -0.2) is 8.42 Å². The normalized spacial score (nSPS) is 26.2. The van der Waals surface area contributed by atoms with Gasteiger partial charge in [-0.05, 0) is 43.5 Å². The number of carbonyl (C=O) groups excluding carboxylic acids is 1. The molecule has 0 aliphatic carbocycles. The maximum absolute atomic E-state index is 12.4. The van der Waals surface area contributed by atoms with Crippen molar-refractivity contribution in [1.82, 2.24) is 0 Å². The third-order valence-electron chi connectivity index (χ3n) is 5.05. The highest BCUT2D eigenvalue weighted by Crippen LogP contribution is 2.43. The topological polar surface area (TPSA) is 83.8 Å². The van der Waals surface area contributed by atoms with Gasteiger partial charge in [-0.15, -0.1) is 0 Å². The third kappa shape index (κ3) is 2.92. The van der Waals surface area contributed by atoms with Crippen molar-refractivity contribution in [2.24, 2.45) is 4.99 Å². The van der Waals surface area contributed by atoms with Gasteiger partial charge in [0, 0.05) is 29.7 Å². The van der Waals surface area contributed by atoms with E-state index in [0.29, 0.717) is 28.9 Å². The Morgan fingerprint density at radius 1 is 1.32 bits per heavy atom. The zero-order chi connectivity index (χ0) is 18.6. The number of hydrogen-bond acceptors (Lipinski definition) is 5. The van der Waals surface area contributed by atoms with Gasteiger partial charge < -0.3 is 5.11 Å². The molecule has 1 aromatic rings. The summed E-state index contributed by atoms with van der Waals surface area (Å²) in [6.45, 7) is 7.50. The van der Waals surface area contributed by atoms with Crippen molar-refractivity contribution in [3.8, 4) is 0 Å². The van der Waals surface area contributed by atoms with E-state index in [1.807, 2.05) is 20.8 Å². The standard InChI is InChI=1S/C19H23NO4S/c1-11-5-7-15(21)14(9-20-11)18(22)13-6-8-16-17(12(13)2)19(3,4)10-25(16,23)24/h6,8-9,11,22H,5,7,10H2,1-4H3. The smallest absolute Gasteiger partial charge is 0.179 e. The highest BCUT2D eigenvalue weighted by atomic mass is 32.2. The summed E-state index contributed by atoms with van der Waals surface area (Å²) in [6, 6.07) is 3.17. The summed E-state index contributed by atoms with van der Waals surface area (Å²) in [7, 11) is -3.32. The monoisotopic (exact) mass is 361 g/mol. The average molecular weight is 361 g/mol. The van der Waals surface area contributed by atoms with Crippen molar-refractivity contribution in [1.29, 1.82) is 0 Å². The van der Waals surface area contributed by atoms with Gasteiger partial charge in [0.25, 0.3) is 0 Å². The van der Waals surface area contributed by atoms with E-state index in [2.05, 4.69) is 4.99 Å². The Morgan fingerprint density at radius 3 is 2.68 bits per heavy atom. The van der Waals surface area contributed by atoms with Crippen molar-refractivity contribution < 1.29 is 18.3 Å². The number of allylic oxidation sites excluding steroid dienone is 1. The Morgan fingerprint density at radius 2 is 2.00 bits per heavy atom. The molecule has 134 valence electrons. The highest BCUT2D eigenvalue weighted by Gasteiger charge is 2.42. The fourth-order valence-corrected chi connectivity index (χ4v) is 6.10. The first-order valence-electron chi connectivity index (χ1n) is 8.41. The van der Waals surface area contributed by atoms with Crippen LogP contribution >= 0.6 is 0 Å². The molecular weight excluding hydrogens is 338 g/mol. The number of ketones is 1. The highest BCUT2D eigenvalue weighted by molar-refractivity contribution is 7.91. The maximum atomic E-state index is 12.4. The number of aliphatic hydroxyl groups is 1. The largest absolute Gasteiger partial charge is 0.506 e. The second kappa shape index (κ2) is 5.80. The zero-order valence-electron chi connectivity index (χ0n) is 15.0. The summed E-state index contributed by atoms with van der Waals surface area (Å²) in [4.78, 5) is 17.0. The molecule has 2 aliphatic heterocycles. The van der Waals surface area contributed by atoms with Gasteiger partial charge in [-0.2, -0.15) is 0 Å². The van der Waals surface area contributed by atoms with Crippen molar-refractivity contribution in [2.45, 2.75) is 56.9 Å². The lowest BCUT2D eigenvalue weighted by Crippen LogP contribution is -2.20. The molecule has 0 bridgehead atoms. The first kappa shape index (κ1) is 17.9. The molecule has 1 atom stereocenters. The fourth-order valence-electron chi connectivity index (χ4n) is 3.83. The van der Waals surface area contributed by atoms with Gasteiger partial charge in [-0.3, -0.25) is 9.79 Å². The van der Waals surface area contributed by atoms with Crippen molar-refractivity contribution in [3.63, 3.8) is 0 Å². The van der Waals surface area contributed by atoms with Crippen LogP contribution in [-0.4, -0.2) is 37.3 Å². The van der Waals surface area contributed by atoms with E-state index in [1.54, 1.807) is 19.1 Å². The molecule has 5 nitrogen and oxygen atoms in total. The van der Waals surface area contributed by atoms with E-state index in [-0.39, 0.29) is 28.9 Å². The Bertz CT molecular complexity index is 923. The van der Waals surface area contributed by atoms with E-state index in [1.165, 1.54) is 6.21 Å². The molecule has 0 amide bonds. The number of hydrogen-bond donors (Lipinski definition) is 1. The SMILES string of the molecule is Cc1c(C(O)=C2C=NC(C)CCC2=O)ccc2c1C(C)(C)CS2(=O)=O. The summed E-state index contributed by atoms with van der Waals surface area (Å²) >= 11 is 0. The molecule has 1 N–H and O–H groups in total. The van der Waals surface area contributed by atoms with Crippen LogP contribution in [-0.2, 0) is 20.0 Å². The molecular formula is C19H23NO4S. The lowest BCUT2D eigenvalue weighted by molar-refractivity contribution is -0.115. The molecule has 0 saturated carbocycles. The molecule has 2 aliphatic rings. The number of sulfone groups is 1. The molecule has 0 saturated heterocycles. The van der Waals surface area contributed by atoms with E-state index in [4.69, 9.17) is 0 Å². The van der Waals surface area contributed by atoms with Gasteiger partial charge in [0.15, 0.2) is 15.6 Å². The molecule has 0 aromatic heterocycles. The van der Waals surface area contributed by atoms with Gasteiger partial charge in [0.2, 0.25) is 0 Å². The number of nitrogens with zero attached hydrogens (tertiary/aromatic N) is 1. The molecule has 0 radical (unpaired) electrons. The number of benzene rings is 1. The van der Waals surface area contributed by atoms with Crippen LogP contribution in [0.5, 0.6) is 0 Å². The van der Waals surface area contributed by atoms with Crippen LogP contribution in [0, 0.1) is 6.92 Å². The van der Waals surface area contributed by atoms with Crippen molar-refractivity contribution in [3.05, 3.63) is 34.4 Å². The Hall–Kier alpha value is -1.95. The quantitative estimate of drug-likeness (QED) is 0.615. The zero-order valence-corrected chi connectivity index (χ0v) is 15.8. The number of aliphatic imine (C=N–C) groups is 1. The molecule has 6 heteroatoms. The minimum absolute atomic E-state index is 0.0412. The summed E-state index contributed by atoms with van der Waals surface area (Å²) in [5.74, 6) is -0.213. The summed E-state index contributed by atoms with van der Waals surface area (Å²) < 4.78 is 24.8. The van der Waals surface area contributed by atoms with E-state index >= 15 is 0 Å². The lowest BCUT2D eigenvalue weighted by atomic mass is 9.82. The summed E-state index contributed by atoms with van der Waals surface area (Å²) in [5.41, 5.74) is 1.59. The second-order valence-corrected chi connectivity index (χ2v) is 9.56. The van der Waals surface area contributed by atoms with Crippen LogP contribution in [0.3, 0.4) is 0 Å². The molecule has 0 fully saturated rings. The number of fused-ring (bicyclic) bond motifs is 1. The summed E-state index contributed by atoms with van der Waals surface area (Å²) in [5, 5.41) is 10.8. The minimum atomic E-state index is -3.32. The number of carbonyl (C=O) groups is 1. The number of rotatable bonds is 1. The van der Waals surface area contributed by atoms with Gasteiger partial charge in [0.1, 0.15) is 5.76 Å². The van der Waals surface area contributed by atoms with Crippen LogP contribution in [0.1, 0.15) is 50.3 Å². The lowest BCUT2D eigenvalue weighted by Gasteiger charge is -2.21. The van der Waals surface area contributed by atoms with Crippen LogP contribution in [0.2, 0.25) is 0 Å². The molecule has 1 unspecified atom stereocenters. The Balaban J connectivity index is 2.22. The molecule has 2 heterocycles. The maximum Gasteiger partial charge on any atom is 0.179 e. The van der Waals surface area contributed by atoms with Crippen LogP contribution in [0.15, 0.2) is 27.6 Å². The van der Waals surface area contributed by atoms with E-state index in [9.17, 15) is 18.3 Å². The number of aliphatic hydroxyl groups excluding tert-OH is 1. The van der Waals surface area contributed by atoms with Gasteiger partial charge in [0.05, 0.1) is 16.2 Å². The Labute approximate surface area is 148 Å². The first-order valence-corrected chi connectivity index (χ1v) is 10.1. The van der Waals surface area contributed by atoms with E-state index in [0.717, 1.165) is 5.56 Å². The first-order chi connectivity index (χ1) is 11.5. The van der Waals surface area contributed by atoms with Gasteiger partial charge >= 0.3 is 0 Å². The van der Waals surface area contributed by atoms with Gasteiger partial charge in [-0.1, -0.05) is 13.8 Å². The van der Waals surface area contributed by atoms with Crippen molar-refractivity contribution in [2.75, 3.05) is 5.75 Å². The Kier molecular flexibility index (Phi) is 4.14. The fraction of sp³-hybridized carbons (Fsp3) is 0.474. The molecule has 0 spiro atoms. The van der Waals surface area contributed by atoms with Crippen LogP contribution in [0.4, 0.5) is 0 Å². The van der Waals surface area contributed by atoms with E-state index < -0.39 is 15.3 Å². The third-order valence-corrected chi connectivity index (χ3v) is 7.16. The van der Waals surface area contributed by atoms with Crippen molar-refractivity contribution >= 4 is 27.6 Å². The van der Waals surface area contributed by atoms with Crippen LogP contribution < -0.4 is 0 Å². The molecule has 1 aromatic carbocycles. The number of Topliss-reactive ketones (excluding diaryl/α,β-unsaturated/α-hetero) is 1. The minimum Gasteiger partial charge on any atom is -0.506 e.